The van der Waals surface area contributed by atoms with Crippen LogP contribution in [0.1, 0.15) is 19.8 Å². The van der Waals surface area contributed by atoms with Crippen LogP contribution in [-0.2, 0) is 0 Å². The molecule has 0 saturated carbocycles. The monoisotopic (exact) mass is 392 g/mol. The standard InChI is InChI=1S/C19H20N8S/c1-19(20)5-9-26(10-6-19)15-12-22-17-13(24-15)2-3-16(25-17)28-18-14-4-7-23-27(14)11-8-21-18/h2-4,7-8,11-12H,5-6,9-10,20H2,1H3. The van der Waals surface area contributed by atoms with E-state index in [2.05, 4.69) is 31.9 Å². The van der Waals surface area contributed by atoms with Gasteiger partial charge in [0.1, 0.15) is 21.4 Å². The molecule has 0 atom stereocenters. The molecule has 1 aliphatic rings. The lowest BCUT2D eigenvalue weighted by Crippen LogP contribution is -2.48. The third-order valence-electron chi connectivity index (χ3n) is 5.09. The highest BCUT2D eigenvalue weighted by Crippen LogP contribution is 2.29. The molecule has 0 bridgehead atoms. The minimum Gasteiger partial charge on any atom is -0.355 e. The smallest absolute Gasteiger partial charge is 0.179 e. The van der Waals surface area contributed by atoms with Crippen LogP contribution < -0.4 is 10.6 Å². The van der Waals surface area contributed by atoms with Gasteiger partial charge >= 0.3 is 0 Å². The number of hydrogen-bond acceptors (Lipinski definition) is 8. The van der Waals surface area contributed by atoms with Gasteiger partial charge in [-0.25, -0.2) is 24.5 Å². The minimum atomic E-state index is -0.0825. The van der Waals surface area contributed by atoms with Gasteiger partial charge in [0.15, 0.2) is 5.65 Å². The fourth-order valence-electron chi connectivity index (χ4n) is 3.34. The Balaban J connectivity index is 1.40. The lowest BCUT2D eigenvalue weighted by atomic mass is 9.91. The molecule has 4 aromatic rings. The molecule has 1 aliphatic heterocycles. The SMILES string of the molecule is CC1(N)CCN(c2cnc3nc(Sc4nccn5nccc45)ccc3n2)CC1. The third-order valence-corrected chi connectivity index (χ3v) is 6.03. The van der Waals surface area contributed by atoms with Crippen LogP contribution in [0.15, 0.2) is 53.0 Å². The zero-order chi connectivity index (χ0) is 19.1. The first kappa shape index (κ1) is 17.3. The Morgan fingerprint density at radius 2 is 1.93 bits per heavy atom. The summed E-state index contributed by atoms with van der Waals surface area (Å²) in [6, 6.07) is 5.86. The predicted octanol–water partition coefficient (Wildman–Crippen LogP) is 2.54. The van der Waals surface area contributed by atoms with Crippen molar-refractivity contribution in [3.05, 3.63) is 43.0 Å². The molecule has 0 aromatic carbocycles. The second kappa shape index (κ2) is 6.68. The van der Waals surface area contributed by atoms with E-state index in [1.807, 2.05) is 24.4 Å². The quantitative estimate of drug-likeness (QED) is 0.568. The molecule has 5 heterocycles. The van der Waals surface area contributed by atoms with E-state index in [1.165, 1.54) is 11.8 Å². The Kier molecular flexibility index (Phi) is 4.13. The van der Waals surface area contributed by atoms with Crippen molar-refractivity contribution >= 4 is 34.3 Å². The molecular formula is C19H20N8S. The summed E-state index contributed by atoms with van der Waals surface area (Å²) in [7, 11) is 0. The predicted molar refractivity (Wildman–Crippen MR) is 108 cm³/mol. The maximum atomic E-state index is 6.23. The van der Waals surface area contributed by atoms with Gasteiger partial charge in [0.2, 0.25) is 0 Å². The zero-order valence-electron chi connectivity index (χ0n) is 15.5. The Morgan fingerprint density at radius 3 is 2.79 bits per heavy atom. The van der Waals surface area contributed by atoms with E-state index in [-0.39, 0.29) is 5.54 Å². The maximum absolute atomic E-state index is 6.23. The van der Waals surface area contributed by atoms with E-state index in [0.717, 1.165) is 52.8 Å². The molecule has 4 aromatic heterocycles. The van der Waals surface area contributed by atoms with Crippen LogP contribution in [0.4, 0.5) is 5.82 Å². The van der Waals surface area contributed by atoms with Crippen molar-refractivity contribution in [1.82, 2.24) is 29.5 Å². The molecule has 1 saturated heterocycles. The first-order chi connectivity index (χ1) is 13.6. The molecule has 1 fully saturated rings. The summed E-state index contributed by atoms with van der Waals surface area (Å²) in [5.41, 5.74) is 8.52. The van der Waals surface area contributed by atoms with Crippen molar-refractivity contribution in [2.24, 2.45) is 5.73 Å². The second-order valence-electron chi connectivity index (χ2n) is 7.36. The number of aromatic nitrogens is 6. The van der Waals surface area contributed by atoms with Crippen LogP contribution in [0.2, 0.25) is 0 Å². The summed E-state index contributed by atoms with van der Waals surface area (Å²) in [6.45, 7) is 3.91. The molecular weight excluding hydrogens is 372 g/mol. The lowest BCUT2D eigenvalue weighted by molar-refractivity contribution is 0.363. The maximum Gasteiger partial charge on any atom is 0.179 e. The third kappa shape index (κ3) is 3.27. The molecule has 142 valence electrons. The summed E-state index contributed by atoms with van der Waals surface area (Å²) in [6.07, 6.45) is 9.03. The first-order valence-electron chi connectivity index (χ1n) is 9.21. The number of nitrogens with zero attached hydrogens (tertiary/aromatic N) is 7. The van der Waals surface area contributed by atoms with Crippen LogP contribution in [-0.4, -0.2) is 48.2 Å². The summed E-state index contributed by atoms with van der Waals surface area (Å²) in [4.78, 5) is 20.7. The Labute approximate surface area is 166 Å². The Morgan fingerprint density at radius 1 is 1.07 bits per heavy atom. The number of hydrogen-bond donors (Lipinski definition) is 1. The van der Waals surface area contributed by atoms with Gasteiger partial charge in [-0.2, -0.15) is 5.10 Å². The average Bonchev–Trinajstić information content (AvgIpc) is 3.18. The molecule has 0 amide bonds. The Hall–Kier alpha value is -2.78. The van der Waals surface area contributed by atoms with Gasteiger partial charge in [0.25, 0.3) is 0 Å². The molecule has 2 N–H and O–H groups in total. The lowest BCUT2D eigenvalue weighted by Gasteiger charge is -2.37. The van der Waals surface area contributed by atoms with Crippen molar-refractivity contribution in [3.8, 4) is 0 Å². The van der Waals surface area contributed by atoms with Crippen LogP contribution in [0.5, 0.6) is 0 Å². The molecule has 0 spiro atoms. The largest absolute Gasteiger partial charge is 0.355 e. The number of piperidine rings is 1. The summed E-state index contributed by atoms with van der Waals surface area (Å²) in [5.74, 6) is 0.885. The van der Waals surface area contributed by atoms with Crippen molar-refractivity contribution in [2.45, 2.75) is 35.4 Å². The fraction of sp³-hybridized carbons (Fsp3) is 0.316. The normalized spacial score (nSPS) is 16.7. The van der Waals surface area contributed by atoms with Crippen molar-refractivity contribution in [1.29, 1.82) is 0 Å². The van der Waals surface area contributed by atoms with E-state index in [9.17, 15) is 0 Å². The number of nitrogens with two attached hydrogens (primary N) is 1. The molecule has 8 nitrogen and oxygen atoms in total. The highest BCUT2D eigenvalue weighted by molar-refractivity contribution is 7.99. The van der Waals surface area contributed by atoms with Gasteiger partial charge in [-0.15, -0.1) is 0 Å². The summed E-state index contributed by atoms with van der Waals surface area (Å²) < 4.78 is 1.80. The number of anilines is 1. The minimum absolute atomic E-state index is 0.0825. The van der Waals surface area contributed by atoms with Crippen LogP contribution in [0.25, 0.3) is 16.7 Å². The van der Waals surface area contributed by atoms with Crippen molar-refractivity contribution in [3.63, 3.8) is 0 Å². The summed E-state index contributed by atoms with van der Waals surface area (Å²) >= 11 is 1.49. The molecule has 0 unspecified atom stereocenters. The molecule has 0 aliphatic carbocycles. The highest BCUT2D eigenvalue weighted by Gasteiger charge is 2.26. The van der Waals surface area contributed by atoms with Gasteiger partial charge < -0.3 is 10.6 Å². The van der Waals surface area contributed by atoms with Crippen molar-refractivity contribution in [2.75, 3.05) is 18.0 Å². The Bertz CT molecular complexity index is 1150. The van der Waals surface area contributed by atoms with Gasteiger partial charge in [-0.3, -0.25) is 0 Å². The van der Waals surface area contributed by atoms with Crippen LogP contribution in [0, 0.1) is 0 Å². The highest BCUT2D eigenvalue weighted by atomic mass is 32.2. The molecule has 9 heteroatoms. The van der Waals surface area contributed by atoms with Gasteiger partial charge in [0, 0.05) is 31.0 Å². The number of fused-ring (bicyclic) bond motifs is 2. The molecule has 5 rings (SSSR count). The van der Waals surface area contributed by atoms with E-state index in [4.69, 9.17) is 10.7 Å². The van der Waals surface area contributed by atoms with Gasteiger partial charge in [0.05, 0.1) is 17.9 Å². The summed E-state index contributed by atoms with van der Waals surface area (Å²) in [5, 5.41) is 5.93. The topological polar surface area (TPSA) is 98.1 Å². The van der Waals surface area contributed by atoms with Gasteiger partial charge in [-0.05, 0) is 49.7 Å². The fourth-order valence-corrected chi connectivity index (χ4v) is 4.19. The van der Waals surface area contributed by atoms with E-state index < -0.39 is 0 Å². The van der Waals surface area contributed by atoms with Crippen LogP contribution >= 0.6 is 11.8 Å². The first-order valence-corrected chi connectivity index (χ1v) is 10.0. The second-order valence-corrected chi connectivity index (χ2v) is 8.37. The van der Waals surface area contributed by atoms with E-state index in [0.29, 0.717) is 5.65 Å². The zero-order valence-corrected chi connectivity index (χ0v) is 16.3. The molecule has 28 heavy (non-hydrogen) atoms. The van der Waals surface area contributed by atoms with Gasteiger partial charge in [-0.1, -0.05) is 0 Å². The van der Waals surface area contributed by atoms with E-state index >= 15 is 0 Å². The molecule has 0 radical (unpaired) electrons. The average molecular weight is 392 g/mol. The van der Waals surface area contributed by atoms with Crippen molar-refractivity contribution < 1.29 is 0 Å². The number of rotatable bonds is 3. The van der Waals surface area contributed by atoms with E-state index in [1.54, 1.807) is 23.1 Å². The number of pyridine rings is 1. The van der Waals surface area contributed by atoms with Crippen LogP contribution in [0.3, 0.4) is 0 Å².